The lowest BCUT2D eigenvalue weighted by molar-refractivity contribution is -0.137. The number of fused-ring (bicyclic) bond motifs is 1. The molecular formula is C24H35NO4. The van der Waals surface area contributed by atoms with Gasteiger partial charge in [-0.15, -0.1) is 0 Å². The fraction of sp³-hybridized carbons (Fsp3) is 0.708. The monoisotopic (exact) mass is 401 g/mol. The molecule has 1 saturated heterocycles. The van der Waals surface area contributed by atoms with Crippen molar-refractivity contribution in [3.8, 4) is 11.5 Å². The zero-order chi connectivity index (χ0) is 20.8. The maximum Gasteiger partial charge on any atom is 0.220 e. The lowest BCUT2D eigenvalue weighted by Crippen LogP contribution is -2.58. The SMILES string of the molecule is CCCC(=O)N[C@@H]1C(C)(C)[C@@H]2C[C@@H]3[C@@H](c4cc(OC)cc(OC)c4)OCCC31C2. The van der Waals surface area contributed by atoms with Crippen LogP contribution in [0.2, 0.25) is 0 Å². The molecule has 5 nitrogen and oxygen atoms in total. The van der Waals surface area contributed by atoms with Crippen LogP contribution in [0.15, 0.2) is 18.2 Å². The Balaban J connectivity index is 1.68. The summed E-state index contributed by atoms with van der Waals surface area (Å²) in [7, 11) is 3.36. The number of rotatable bonds is 6. The van der Waals surface area contributed by atoms with E-state index in [1.54, 1.807) is 14.2 Å². The summed E-state index contributed by atoms with van der Waals surface area (Å²) in [6.45, 7) is 7.48. The minimum absolute atomic E-state index is 0.0134. The fourth-order valence-electron chi connectivity index (χ4n) is 6.57. The molecule has 5 heteroatoms. The van der Waals surface area contributed by atoms with Gasteiger partial charge in [-0.2, -0.15) is 0 Å². The van der Waals surface area contributed by atoms with Crippen molar-refractivity contribution in [1.29, 1.82) is 0 Å². The predicted molar refractivity (Wildman–Crippen MR) is 112 cm³/mol. The number of carbonyl (C=O) groups is 1. The number of hydrogen-bond donors (Lipinski definition) is 1. The lowest BCUT2D eigenvalue weighted by Gasteiger charge is -2.53. The molecule has 1 amide bonds. The van der Waals surface area contributed by atoms with Gasteiger partial charge in [0.1, 0.15) is 11.5 Å². The molecule has 4 rings (SSSR count). The first-order valence-corrected chi connectivity index (χ1v) is 11.0. The van der Waals surface area contributed by atoms with E-state index in [0.29, 0.717) is 18.3 Å². The van der Waals surface area contributed by atoms with Crippen molar-refractivity contribution in [2.24, 2.45) is 22.7 Å². The molecule has 1 aromatic carbocycles. The third-order valence-corrected chi connectivity index (χ3v) is 7.99. The summed E-state index contributed by atoms with van der Waals surface area (Å²) in [6, 6.07) is 6.26. The van der Waals surface area contributed by atoms with Gasteiger partial charge in [0.15, 0.2) is 0 Å². The van der Waals surface area contributed by atoms with Crippen LogP contribution in [-0.2, 0) is 9.53 Å². The molecule has 0 radical (unpaired) electrons. The Hall–Kier alpha value is -1.75. The Morgan fingerprint density at radius 3 is 2.52 bits per heavy atom. The van der Waals surface area contributed by atoms with E-state index >= 15 is 0 Å². The molecule has 1 aliphatic heterocycles. The van der Waals surface area contributed by atoms with E-state index in [-0.39, 0.29) is 28.9 Å². The van der Waals surface area contributed by atoms with E-state index in [9.17, 15) is 4.79 Å². The van der Waals surface area contributed by atoms with Crippen molar-refractivity contribution in [2.45, 2.75) is 65.0 Å². The normalized spacial score (nSPS) is 34.5. The molecule has 3 aliphatic rings. The molecule has 29 heavy (non-hydrogen) atoms. The molecule has 5 atom stereocenters. The number of carbonyl (C=O) groups excluding carboxylic acids is 1. The highest BCUT2D eigenvalue weighted by Gasteiger charge is 2.68. The first-order chi connectivity index (χ1) is 13.9. The minimum atomic E-state index is 0.0134. The van der Waals surface area contributed by atoms with Gasteiger partial charge < -0.3 is 19.5 Å². The van der Waals surface area contributed by atoms with Gasteiger partial charge in [-0.25, -0.2) is 0 Å². The molecule has 2 bridgehead atoms. The van der Waals surface area contributed by atoms with Crippen LogP contribution in [0.3, 0.4) is 0 Å². The highest BCUT2D eigenvalue weighted by Crippen LogP contribution is 2.70. The largest absolute Gasteiger partial charge is 0.497 e. The summed E-state index contributed by atoms with van der Waals surface area (Å²) in [5.74, 6) is 2.78. The number of hydrogen-bond acceptors (Lipinski definition) is 4. The van der Waals surface area contributed by atoms with Gasteiger partial charge >= 0.3 is 0 Å². The lowest BCUT2D eigenvalue weighted by atomic mass is 9.59. The molecule has 2 aliphatic carbocycles. The van der Waals surface area contributed by atoms with Crippen LogP contribution >= 0.6 is 0 Å². The molecule has 1 N–H and O–H groups in total. The Morgan fingerprint density at radius 2 is 1.90 bits per heavy atom. The van der Waals surface area contributed by atoms with E-state index < -0.39 is 0 Å². The van der Waals surface area contributed by atoms with E-state index in [4.69, 9.17) is 14.2 Å². The summed E-state index contributed by atoms with van der Waals surface area (Å²) in [4.78, 5) is 12.6. The summed E-state index contributed by atoms with van der Waals surface area (Å²) in [6.07, 6.45) is 4.85. The van der Waals surface area contributed by atoms with Crippen LogP contribution < -0.4 is 14.8 Å². The van der Waals surface area contributed by atoms with Crippen LogP contribution in [0.25, 0.3) is 0 Å². The molecule has 0 aromatic heterocycles. The van der Waals surface area contributed by atoms with Gasteiger partial charge in [-0.05, 0) is 66.0 Å². The average Bonchev–Trinajstić information content (AvgIpc) is 3.20. The first kappa shape index (κ1) is 20.5. The molecular weight excluding hydrogens is 366 g/mol. The van der Waals surface area contributed by atoms with E-state index in [1.807, 2.05) is 6.07 Å². The summed E-state index contributed by atoms with van der Waals surface area (Å²) in [5, 5.41) is 3.46. The third kappa shape index (κ3) is 3.22. The van der Waals surface area contributed by atoms with Gasteiger partial charge in [-0.3, -0.25) is 4.79 Å². The van der Waals surface area contributed by atoms with Crippen molar-refractivity contribution in [3.63, 3.8) is 0 Å². The number of benzene rings is 1. The minimum Gasteiger partial charge on any atom is -0.497 e. The molecule has 1 unspecified atom stereocenters. The van der Waals surface area contributed by atoms with Gasteiger partial charge in [0.05, 0.1) is 20.3 Å². The average molecular weight is 402 g/mol. The summed E-state index contributed by atoms with van der Waals surface area (Å²) >= 11 is 0. The highest BCUT2D eigenvalue weighted by molar-refractivity contribution is 5.76. The van der Waals surface area contributed by atoms with Crippen LogP contribution in [0.5, 0.6) is 11.5 Å². The van der Waals surface area contributed by atoms with Gasteiger partial charge in [-0.1, -0.05) is 20.8 Å². The first-order valence-electron chi connectivity index (χ1n) is 11.0. The molecule has 160 valence electrons. The molecule has 1 aromatic rings. The maximum absolute atomic E-state index is 12.6. The van der Waals surface area contributed by atoms with Crippen molar-refractivity contribution >= 4 is 5.91 Å². The van der Waals surface area contributed by atoms with Gasteiger partial charge in [0.25, 0.3) is 0 Å². The summed E-state index contributed by atoms with van der Waals surface area (Å²) in [5.41, 5.74) is 1.35. The Bertz CT molecular complexity index is 754. The topological polar surface area (TPSA) is 56.8 Å². The zero-order valence-electron chi connectivity index (χ0n) is 18.4. The molecule has 1 heterocycles. The molecule has 3 fully saturated rings. The van der Waals surface area contributed by atoms with E-state index in [2.05, 4.69) is 38.2 Å². The maximum atomic E-state index is 12.6. The second kappa shape index (κ2) is 7.50. The number of nitrogens with one attached hydrogen (secondary N) is 1. The second-order valence-electron chi connectivity index (χ2n) is 9.74. The number of amides is 1. The van der Waals surface area contributed by atoms with Gasteiger partial charge in [0.2, 0.25) is 5.91 Å². The highest BCUT2D eigenvalue weighted by atomic mass is 16.5. The van der Waals surface area contributed by atoms with Crippen LogP contribution in [0, 0.1) is 22.7 Å². The fourth-order valence-corrected chi connectivity index (χ4v) is 6.57. The second-order valence-corrected chi connectivity index (χ2v) is 9.74. The molecule has 2 saturated carbocycles. The zero-order valence-corrected chi connectivity index (χ0v) is 18.4. The van der Waals surface area contributed by atoms with Crippen LogP contribution in [0.1, 0.15) is 64.5 Å². The standard InChI is InChI=1S/C24H35NO4/c1-6-7-20(26)25-22-23(2,3)16-12-19-21(29-9-8-24(19,22)14-16)15-10-17(27-4)13-18(11-15)28-5/h10-11,13,16,19,21-22H,6-9,12,14H2,1-5H3,(H,25,26)/t16-,19-,21-,22-,24?/m1/s1. The van der Waals surface area contributed by atoms with Crippen molar-refractivity contribution in [1.82, 2.24) is 5.32 Å². The Morgan fingerprint density at radius 1 is 1.21 bits per heavy atom. The number of ether oxygens (including phenoxy) is 3. The van der Waals surface area contributed by atoms with Crippen molar-refractivity contribution < 1.29 is 19.0 Å². The Kier molecular flexibility index (Phi) is 5.30. The molecule has 1 spiro atoms. The van der Waals surface area contributed by atoms with Gasteiger partial charge in [0, 0.05) is 25.1 Å². The smallest absolute Gasteiger partial charge is 0.220 e. The summed E-state index contributed by atoms with van der Waals surface area (Å²) < 4.78 is 17.4. The van der Waals surface area contributed by atoms with Crippen molar-refractivity contribution in [2.75, 3.05) is 20.8 Å². The third-order valence-electron chi connectivity index (χ3n) is 7.99. The quantitative estimate of drug-likeness (QED) is 0.762. The van der Waals surface area contributed by atoms with E-state index in [0.717, 1.165) is 42.9 Å². The van der Waals surface area contributed by atoms with Crippen LogP contribution in [0.4, 0.5) is 0 Å². The van der Waals surface area contributed by atoms with E-state index in [1.165, 1.54) is 6.42 Å². The predicted octanol–water partition coefficient (Wildman–Crippen LogP) is 4.50. The Labute approximate surface area is 174 Å². The van der Waals surface area contributed by atoms with Crippen LogP contribution in [-0.4, -0.2) is 32.8 Å². The number of methoxy groups -OCH3 is 2. The van der Waals surface area contributed by atoms with Crippen molar-refractivity contribution in [3.05, 3.63) is 23.8 Å².